The first-order valence-electron chi connectivity index (χ1n) is 7.63. The van der Waals surface area contributed by atoms with Gasteiger partial charge in [-0.2, -0.15) is 0 Å². The van der Waals surface area contributed by atoms with E-state index in [-0.39, 0.29) is 18.2 Å². The van der Waals surface area contributed by atoms with Crippen LogP contribution in [-0.2, 0) is 14.8 Å². The summed E-state index contributed by atoms with van der Waals surface area (Å²) in [6.07, 6.45) is 1.71. The van der Waals surface area contributed by atoms with E-state index in [1.165, 1.54) is 0 Å². The minimum absolute atomic E-state index is 0.0206. The van der Waals surface area contributed by atoms with E-state index >= 15 is 0 Å². The lowest BCUT2D eigenvalue weighted by Crippen LogP contribution is -2.31. The molecule has 0 radical (unpaired) electrons. The molecule has 0 aromatic heterocycles. The first-order chi connectivity index (χ1) is 11.9. The van der Waals surface area contributed by atoms with E-state index in [4.69, 9.17) is 11.6 Å². The lowest BCUT2D eigenvalue weighted by molar-refractivity contribution is -0.117. The number of nitrogens with one attached hydrogen (secondary N) is 2. The third-order valence-electron chi connectivity index (χ3n) is 3.31. The molecule has 0 heterocycles. The summed E-state index contributed by atoms with van der Waals surface area (Å²) in [4.78, 5) is 12.0. The van der Waals surface area contributed by atoms with Crippen molar-refractivity contribution in [3.63, 3.8) is 0 Å². The van der Waals surface area contributed by atoms with Crippen molar-refractivity contribution in [3.8, 4) is 0 Å². The van der Waals surface area contributed by atoms with Crippen molar-refractivity contribution >= 4 is 39.3 Å². The third kappa shape index (κ3) is 6.60. The van der Waals surface area contributed by atoms with Gasteiger partial charge in [0.05, 0.1) is 5.75 Å². The van der Waals surface area contributed by atoms with E-state index in [0.717, 1.165) is 5.56 Å². The minimum atomic E-state index is -3.52. The standard InChI is InChI=1S/C18H19ClN2O3S/c1-14(13-15-7-9-16(19)10-8-15)18(22)20-11-12-25(23,24)21-17-5-3-2-4-6-17/h2-10,13,21H,11-12H2,1H3,(H,20,22)/b14-13+. The fraction of sp³-hybridized carbons (Fsp3) is 0.167. The summed E-state index contributed by atoms with van der Waals surface area (Å²) in [5, 5.41) is 3.22. The third-order valence-corrected chi connectivity index (χ3v) is 4.86. The molecule has 0 bridgehead atoms. The highest BCUT2D eigenvalue weighted by Gasteiger charge is 2.11. The summed E-state index contributed by atoms with van der Waals surface area (Å²) in [6, 6.07) is 15.7. The number of anilines is 1. The molecule has 132 valence electrons. The van der Waals surface area contributed by atoms with Crippen LogP contribution in [0.4, 0.5) is 5.69 Å². The minimum Gasteiger partial charge on any atom is -0.351 e. The predicted molar refractivity (Wildman–Crippen MR) is 102 cm³/mol. The van der Waals surface area contributed by atoms with Gasteiger partial charge < -0.3 is 5.32 Å². The summed E-state index contributed by atoms with van der Waals surface area (Å²) in [6.45, 7) is 1.69. The van der Waals surface area contributed by atoms with Crippen LogP contribution in [0.5, 0.6) is 0 Å². The van der Waals surface area contributed by atoms with Crippen LogP contribution in [0.15, 0.2) is 60.2 Å². The number of halogens is 1. The van der Waals surface area contributed by atoms with E-state index in [0.29, 0.717) is 16.3 Å². The Morgan fingerprint density at radius 1 is 1.08 bits per heavy atom. The largest absolute Gasteiger partial charge is 0.351 e. The Morgan fingerprint density at radius 2 is 1.72 bits per heavy atom. The maximum atomic E-state index is 12.0. The molecule has 2 aromatic rings. The lowest BCUT2D eigenvalue weighted by Gasteiger charge is -2.09. The molecule has 0 saturated heterocycles. The quantitative estimate of drug-likeness (QED) is 0.726. The van der Waals surface area contributed by atoms with Gasteiger partial charge in [0.15, 0.2) is 0 Å². The van der Waals surface area contributed by atoms with E-state index in [1.54, 1.807) is 67.6 Å². The first-order valence-corrected chi connectivity index (χ1v) is 9.66. The number of rotatable bonds is 7. The molecule has 5 nitrogen and oxygen atoms in total. The SMILES string of the molecule is C/C(=C\c1ccc(Cl)cc1)C(=O)NCCS(=O)(=O)Nc1ccccc1. The van der Waals surface area contributed by atoms with E-state index in [1.807, 2.05) is 0 Å². The van der Waals surface area contributed by atoms with Crippen LogP contribution >= 0.6 is 11.6 Å². The molecule has 0 aliphatic rings. The maximum absolute atomic E-state index is 12.0. The summed E-state index contributed by atoms with van der Waals surface area (Å²) in [5.74, 6) is -0.521. The molecule has 0 fully saturated rings. The van der Waals surface area contributed by atoms with Gasteiger partial charge in [-0.3, -0.25) is 9.52 Å². The van der Waals surface area contributed by atoms with Crippen molar-refractivity contribution in [2.75, 3.05) is 17.0 Å². The van der Waals surface area contributed by atoms with Crippen LogP contribution in [0.1, 0.15) is 12.5 Å². The summed E-state index contributed by atoms with van der Waals surface area (Å²) in [5.41, 5.74) is 1.82. The number of amides is 1. The molecule has 1 amide bonds. The van der Waals surface area contributed by atoms with Gasteiger partial charge in [-0.1, -0.05) is 41.9 Å². The lowest BCUT2D eigenvalue weighted by atomic mass is 10.1. The number of carbonyl (C=O) groups is 1. The van der Waals surface area contributed by atoms with Gasteiger partial charge in [-0.15, -0.1) is 0 Å². The highest BCUT2D eigenvalue weighted by molar-refractivity contribution is 7.92. The van der Waals surface area contributed by atoms with Crippen molar-refractivity contribution in [1.29, 1.82) is 0 Å². The summed E-state index contributed by atoms with van der Waals surface area (Å²) >= 11 is 5.82. The zero-order valence-electron chi connectivity index (χ0n) is 13.7. The number of hydrogen-bond donors (Lipinski definition) is 2. The Labute approximate surface area is 152 Å². The zero-order valence-corrected chi connectivity index (χ0v) is 15.3. The van der Waals surface area contributed by atoms with Gasteiger partial charge in [0.2, 0.25) is 15.9 Å². The van der Waals surface area contributed by atoms with Crippen molar-refractivity contribution in [2.45, 2.75) is 6.92 Å². The summed E-state index contributed by atoms with van der Waals surface area (Å²) in [7, 11) is -3.52. The van der Waals surface area contributed by atoms with Gasteiger partial charge in [0.1, 0.15) is 0 Å². The second-order valence-corrected chi connectivity index (χ2v) is 7.70. The average molecular weight is 379 g/mol. The van der Waals surface area contributed by atoms with Gasteiger partial charge >= 0.3 is 0 Å². The van der Waals surface area contributed by atoms with Crippen molar-refractivity contribution in [3.05, 3.63) is 70.8 Å². The Kier molecular flexibility index (Phi) is 6.61. The average Bonchev–Trinajstić information content (AvgIpc) is 2.57. The molecule has 25 heavy (non-hydrogen) atoms. The van der Waals surface area contributed by atoms with E-state index in [9.17, 15) is 13.2 Å². The second-order valence-electron chi connectivity index (χ2n) is 5.42. The smallest absolute Gasteiger partial charge is 0.246 e. The van der Waals surface area contributed by atoms with Gasteiger partial charge in [0, 0.05) is 22.8 Å². The molecular formula is C18H19ClN2O3S. The number of benzene rings is 2. The molecule has 2 aromatic carbocycles. The monoisotopic (exact) mass is 378 g/mol. The Balaban J connectivity index is 1.85. The molecular weight excluding hydrogens is 360 g/mol. The Hall–Kier alpha value is -2.31. The van der Waals surface area contributed by atoms with Crippen molar-refractivity contribution < 1.29 is 13.2 Å². The van der Waals surface area contributed by atoms with Crippen molar-refractivity contribution in [2.24, 2.45) is 0 Å². The van der Waals surface area contributed by atoms with Crippen LogP contribution in [0.2, 0.25) is 5.02 Å². The first kappa shape index (κ1) is 19.0. The Bertz CT molecular complexity index is 848. The molecule has 0 atom stereocenters. The molecule has 7 heteroatoms. The maximum Gasteiger partial charge on any atom is 0.246 e. The topological polar surface area (TPSA) is 75.3 Å². The molecule has 2 N–H and O–H groups in total. The zero-order chi connectivity index (χ0) is 18.3. The number of hydrogen-bond acceptors (Lipinski definition) is 3. The van der Waals surface area contributed by atoms with Gasteiger partial charge in [-0.05, 0) is 42.8 Å². The van der Waals surface area contributed by atoms with E-state index < -0.39 is 10.0 Å². The molecule has 0 aliphatic carbocycles. The van der Waals surface area contributed by atoms with E-state index in [2.05, 4.69) is 10.0 Å². The van der Waals surface area contributed by atoms with Crippen LogP contribution in [0, 0.1) is 0 Å². The fourth-order valence-corrected chi connectivity index (χ4v) is 3.14. The predicted octanol–water partition coefficient (Wildman–Crippen LogP) is 3.30. The van der Waals surface area contributed by atoms with Crippen LogP contribution in [-0.4, -0.2) is 26.6 Å². The molecule has 2 rings (SSSR count). The van der Waals surface area contributed by atoms with Crippen LogP contribution in [0.3, 0.4) is 0 Å². The molecule has 0 saturated carbocycles. The summed E-state index contributed by atoms with van der Waals surface area (Å²) < 4.78 is 26.4. The highest BCUT2D eigenvalue weighted by Crippen LogP contribution is 2.12. The van der Waals surface area contributed by atoms with Crippen LogP contribution in [0.25, 0.3) is 6.08 Å². The molecule has 0 spiro atoms. The van der Waals surface area contributed by atoms with Crippen molar-refractivity contribution in [1.82, 2.24) is 5.32 Å². The number of sulfonamides is 1. The molecule has 0 aliphatic heterocycles. The second kappa shape index (κ2) is 8.69. The normalized spacial score (nSPS) is 11.8. The number of carbonyl (C=O) groups excluding carboxylic acids is 1. The number of para-hydroxylation sites is 1. The van der Waals surface area contributed by atoms with Gasteiger partial charge in [0.25, 0.3) is 0 Å². The fourth-order valence-electron chi connectivity index (χ4n) is 2.05. The Morgan fingerprint density at radius 3 is 2.36 bits per heavy atom. The van der Waals surface area contributed by atoms with Gasteiger partial charge in [-0.25, -0.2) is 8.42 Å². The van der Waals surface area contributed by atoms with Crippen LogP contribution < -0.4 is 10.0 Å². The molecule has 0 unspecified atom stereocenters. The highest BCUT2D eigenvalue weighted by atomic mass is 35.5.